The predicted octanol–water partition coefficient (Wildman–Crippen LogP) is 19.5. The second kappa shape index (κ2) is 61.4. The number of hydrogen-bond donors (Lipinski definition) is 1. The van der Waals surface area contributed by atoms with Gasteiger partial charge in [-0.1, -0.05) is 220 Å². The number of nitrogens with zero attached hydrogens (tertiary/aromatic N) is 2. The van der Waals surface area contributed by atoms with Gasteiger partial charge in [0.25, 0.3) is 0 Å². The summed E-state index contributed by atoms with van der Waals surface area (Å²) in [6, 6.07) is 0. The van der Waals surface area contributed by atoms with Crippen molar-refractivity contribution in [1.29, 1.82) is 0 Å². The minimum absolute atomic E-state index is 0.00156. The summed E-state index contributed by atoms with van der Waals surface area (Å²) in [5.74, 6) is -0.882. The van der Waals surface area contributed by atoms with Gasteiger partial charge in [-0.15, -0.1) is 0 Å². The third-order valence-corrected chi connectivity index (χ3v) is 15.2. The second-order valence-electron chi connectivity index (χ2n) is 23.8. The molecule has 0 aromatic carbocycles. The van der Waals surface area contributed by atoms with E-state index in [0.717, 1.165) is 109 Å². The molecule has 0 heterocycles. The molecular formula is C67H132N2O8. The van der Waals surface area contributed by atoms with E-state index in [4.69, 9.17) is 19.3 Å². The van der Waals surface area contributed by atoms with Crippen LogP contribution in [0, 0.1) is 0 Å². The quantitative estimate of drug-likeness (QED) is 0.0358. The molecule has 3 atom stereocenters. The van der Waals surface area contributed by atoms with Gasteiger partial charge < -0.3 is 29.1 Å². The van der Waals surface area contributed by atoms with E-state index in [9.17, 15) is 19.2 Å². The first-order valence-corrected chi connectivity index (χ1v) is 33.5. The van der Waals surface area contributed by atoms with Crippen LogP contribution in [0.1, 0.15) is 349 Å². The minimum atomic E-state index is -0.736. The summed E-state index contributed by atoms with van der Waals surface area (Å²) in [6.45, 7) is 10.8. The van der Waals surface area contributed by atoms with Gasteiger partial charge in [0.05, 0.1) is 0 Å². The van der Waals surface area contributed by atoms with Gasteiger partial charge in [0, 0.05) is 25.7 Å². The molecule has 0 fully saturated rings. The lowest BCUT2D eigenvalue weighted by Gasteiger charge is -2.19. The zero-order valence-electron chi connectivity index (χ0n) is 52.7. The number of ether oxygens (including phenoxy) is 3. The number of aliphatic carboxylic acids is 1. The second-order valence-corrected chi connectivity index (χ2v) is 23.8. The lowest BCUT2D eigenvalue weighted by atomic mass is 10.0. The first-order valence-electron chi connectivity index (χ1n) is 33.5. The van der Waals surface area contributed by atoms with Crippen molar-refractivity contribution in [3.05, 3.63) is 0 Å². The van der Waals surface area contributed by atoms with Gasteiger partial charge in [0.15, 0.2) is 0 Å². The molecular weight excluding hydrogens is 961 g/mol. The van der Waals surface area contributed by atoms with Gasteiger partial charge in [-0.05, 0) is 144 Å². The molecule has 10 heteroatoms. The van der Waals surface area contributed by atoms with E-state index < -0.39 is 5.97 Å². The molecule has 0 saturated heterocycles. The lowest BCUT2D eigenvalue weighted by Crippen LogP contribution is -2.20. The number of unbranched alkanes of at least 4 members (excludes halogenated alkanes) is 32. The van der Waals surface area contributed by atoms with Crippen molar-refractivity contribution in [2.24, 2.45) is 0 Å². The highest BCUT2D eigenvalue weighted by Crippen LogP contribution is 2.22. The average Bonchev–Trinajstić information content (AvgIpc) is 3.38. The first-order chi connectivity index (χ1) is 37.4. The van der Waals surface area contributed by atoms with Gasteiger partial charge in [-0.25, -0.2) is 0 Å². The fourth-order valence-electron chi connectivity index (χ4n) is 10.3. The summed E-state index contributed by atoms with van der Waals surface area (Å²) in [7, 11) is 8.08. The van der Waals surface area contributed by atoms with Gasteiger partial charge >= 0.3 is 23.9 Å². The SMILES string of the molecule is CCCCCCCC(CCCCCC(=O)O)OC(=O)CCCN(C)C.CCCCCCCCCCCCCCC(CCCCCCCCCCCC)OC(=O)CCCCCC(CCCCCCC)OC(=O)CCCN(C)C. The van der Waals surface area contributed by atoms with E-state index in [1.807, 2.05) is 28.2 Å². The Hall–Kier alpha value is -2.20. The van der Waals surface area contributed by atoms with E-state index in [2.05, 4.69) is 37.5 Å². The monoisotopic (exact) mass is 1090 g/mol. The normalized spacial score (nSPS) is 12.6. The van der Waals surface area contributed by atoms with E-state index in [0.29, 0.717) is 25.7 Å². The molecule has 1 N–H and O–H groups in total. The minimum Gasteiger partial charge on any atom is -0.481 e. The summed E-state index contributed by atoms with van der Waals surface area (Å²) in [4.78, 5) is 52.3. The first kappa shape index (κ1) is 76.9. The summed E-state index contributed by atoms with van der Waals surface area (Å²) < 4.78 is 17.8. The number of esters is 3. The largest absolute Gasteiger partial charge is 0.481 e. The molecule has 0 spiro atoms. The summed E-state index contributed by atoms with van der Waals surface area (Å²) in [5, 5.41) is 8.68. The molecule has 0 aromatic heterocycles. The van der Waals surface area contributed by atoms with Crippen molar-refractivity contribution in [2.45, 2.75) is 367 Å². The lowest BCUT2D eigenvalue weighted by molar-refractivity contribution is -0.151. The molecule has 10 nitrogen and oxygen atoms in total. The smallest absolute Gasteiger partial charge is 0.306 e. The van der Waals surface area contributed by atoms with Crippen LogP contribution >= 0.6 is 0 Å². The van der Waals surface area contributed by atoms with Crippen LogP contribution in [0.2, 0.25) is 0 Å². The van der Waals surface area contributed by atoms with Crippen molar-refractivity contribution < 1.29 is 38.5 Å². The standard InChI is InChI=1S/C47H93NO4.C20H39NO4/c1-6-9-12-15-17-19-21-22-24-26-29-33-39-44(38-32-28-25-23-20-18-16-13-10-7-2)51-46(49)41-35-30-34-40-45(37-31-27-14-11-8-3)52-47(50)42-36-43-48(4)5;1-4-5-6-7-9-13-18(14-10-8-11-15-19(22)23)25-20(24)16-12-17-21(2)3/h44-45H,6-43H2,1-5H3;18H,4-17H2,1-3H3,(H,22,23). The topological polar surface area (TPSA) is 123 Å². The molecule has 0 aromatic rings. The van der Waals surface area contributed by atoms with E-state index in [-0.39, 0.29) is 42.6 Å². The van der Waals surface area contributed by atoms with Crippen LogP contribution in [-0.4, -0.2) is 98.4 Å². The van der Waals surface area contributed by atoms with Crippen molar-refractivity contribution >= 4 is 23.9 Å². The van der Waals surface area contributed by atoms with Crippen molar-refractivity contribution in [3.8, 4) is 0 Å². The Balaban J connectivity index is 0. The van der Waals surface area contributed by atoms with E-state index in [1.165, 1.54) is 193 Å². The fraction of sp³-hybridized carbons (Fsp3) is 0.940. The number of carbonyl (C=O) groups excluding carboxylic acids is 3. The third kappa shape index (κ3) is 62.9. The third-order valence-electron chi connectivity index (χ3n) is 15.2. The van der Waals surface area contributed by atoms with Crippen molar-refractivity contribution in [3.63, 3.8) is 0 Å². The zero-order valence-corrected chi connectivity index (χ0v) is 52.7. The van der Waals surface area contributed by atoms with Crippen LogP contribution in [0.3, 0.4) is 0 Å². The molecule has 0 amide bonds. The van der Waals surface area contributed by atoms with Gasteiger partial charge in [-0.3, -0.25) is 19.2 Å². The van der Waals surface area contributed by atoms with Crippen LogP contribution in [0.4, 0.5) is 0 Å². The number of hydrogen-bond acceptors (Lipinski definition) is 9. The van der Waals surface area contributed by atoms with Crippen LogP contribution < -0.4 is 0 Å². The highest BCUT2D eigenvalue weighted by atomic mass is 16.6. The highest BCUT2D eigenvalue weighted by molar-refractivity contribution is 5.70. The molecule has 0 aliphatic rings. The summed E-state index contributed by atoms with van der Waals surface area (Å²) in [6.07, 6.45) is 56.4. The van der Waals surface area contributed by atoms with E-state index in [1.54, 1.807) is 0 Å². The molecule has 0 aliphatic heterocycles. The van der Waals surface area contributed by atoms with Crippen LogP contribution in [0.25, 0.3) is 0 Å². The Morgan fingerprint density at radius 1 is 0.286 bits per heavy atom. The maximum atomic E-state index is 13.0. The van der Waals surface area contributed by atoms with E-state index >= 15 is 0 Å². The molecule has 77 heavy (non-hydrogen) atoms. The maximum Gasteiger partial charge on any atom is 0.306 e. The van der Waals surface area contributed by atoms with Crippen molar-refractivity contribution in [1.82, 2.24) is 9.80 Å². The Bertz CT molecular complexity index is 1260. The average molecular weight is 1090 g/mol. The molecule has 0 bridgehead atoms. The molecule has 0 saturated carbocycles. The maximum absolute atomic E-state index is 13.0. The Labute approximate surface area is 478 Å². The van der Waals surface area contributed by atoms with Gasteiger partial charge in [0.2, 0.25) is 0 Å². The van der Waals surface area contributed by atoms with Gasteiger partial charge in [0.1, 0.15) is 18.3 Å². The van der Waals surface area contributed by atoms with Crippen LogP contribution in [0.5, 0.6) is 0 Å². The molecule has 0 rings (SSSR count). The molecule has 0 radical (unpaired) electrons. The number of carboxylic acid groups (broad SMARTS) is 1. The summed E-state index contributed by atoms with van der Waals surface area (Å²) >= 11 is 0. The number of carboxylic acids is 1. The Morgan fingerprint density at radius 2 is 0.481 bits per heavy atom. The van der Waals surface area contributed by atoms with Crippen LogP contribution in [-0.2, 0) is 33.4 Å². The Kier molecular flexibility index (Phi) is 61.3. The molecule has 0 aliphatic carbocycles. The number of rotatable bonds is 59. The fourth-order valence-corrected chi connectivity index (χ4v) is 10.3. The van der Waals surface area contributed by atoms with Crippen LogP contribution in [0.15, 0.2) is 0 Å². The highest BCUT2D eigenvalue weighted by Gasteiger charge is 2.18. The molecule has 458 valence electrons. The summed E-state index contributed by atoms with van der Waals surface area (Å²) in [5.41, 5.74) is 0. The van der Waals surface area contributed by atoms with Gasteiger partial charge in [-0.2, -0.15) is 0 Å². The molecule has 3 unspecified atom stereocenters. The Morgan fingerprint density at radius 3 is 0.701 bits per heavy atom. The van der Waals surface area contributed by atoms with Crippen molar-refractivity contribution in [2.75, 3.05) is 41.3 Å². The number of carbonyl (C=O) groups is 4. The predicted molar refractivity (Wildman–Crippen MR) is 328 cm³/mol. The zero-order chi connectivity index (χ0) is 57.1.